The van der Waals surface area contributed by atoms with Crippen molar-refractivity contribution in [2.24, 2.45) is 0 Å². The number of carbonyl (C=O) groups is 2. The van der Waals surface area contributed by atoms with Gasteiger partial charge in [-0.1, -0.05) is 6.08 Å². The Kier molecular flexibility index (Phi) is 9.87. The second-order valence-electron chi connectivity index (χ2n) is 11.7. The fourth-order valence-electron chi connectivity index (χ4n) is 5.58. The van der Waals surface area contributed by atoms with E-state index in [1.807, 2.05) is 31.3 Å². The number of nitrogens with one attached hydrogen (secondary N) is 1. The molecule has 2 aliphatic rings. The van der Waals surface area contributed by atoms with E-state index in [1.54, 1.807) is 15.5 Å². The van der Waals surface area contributed by atoms with Gasteiger partial charge in [-0.15, -0.1) is 5.10 Å². The second-order valence-corrected chi connectivity index (χ2v) is 11.7. The van der Waals surface area contributed by atoms with E-state index in [9.17, 15) is 22.8 Å². The van der Waals surface area contributed by atoms with Gasteiger partial charge in [-0.25, -0.2) is 14.5 Å². The number of alkyl halides is 3. The topological polar surface area (TPSA) is 128 Å². The number of fused-ring (bicyclic) bond motifs is 1. The number of rotatable bonds is 9. The van der Waals surface area contributed by atoms with Crippen LogP contribution in [0.1, 0.15) is 30.4 Å². The summed E-state index contributed by atoms with van der Waals surface area (Å²) in [5.41, 5.74) is 6.09. The molecule has 0 aromatic carbocycles. The van der Waals surface area contributed by atoms with Gasteiger partial charge in [0.1, 0.15) is 11.3 Å². The molecule has 5 rings (SSSR count). The molecule has 3 N–H and O–H groups in total. The zero-order valence-corrected chi connectivity index (χ0v) is 25.6. The minimum absolute atomic E-state index is 0.0596. The molecule has 0 radical (unpaired) electrons. The van der Waals surface area contributed by atoms with E-state index in [2.05, 4.69) is 30.2 Å². The van der Waals surface area contributed by atoms with Crippen molar-refractivity contribution in [2.45, 2.75) is 32.0 Å². The number of hydrogen-bond acceptors (Lipinski definition) is 9. The van der Waals surface area contributed by atoms with E-state index in [1.165, 1.54) is 6.08 Å². The summed E-state index contributed by atoms with van der Waals surface area (Å²) in [5.74, 6) is -0.154. The molecule has 0 saturated carbocycles. The van der Waals surface area contributed by atoms with Crippen molar-refractivity contribution in [3.05, 3.63) is 47.8 Å². The third kappa shape index (κ3) is 8.08. The van der Waals surface area contributed by atoms with Crippen LogP contribution in [0.25, 0.3) is 16.9 Å². The zero-order valence-electron chi connectivity index (χ0n) is 25.6. The maximum atomic E-state index is 14.0. The van der Waals surface area contributed by atoms with Gasteiger partial charge in [0.15, 0.2) is 11.6 Å². The highest BCUT2D eigenvalue weighted by atomic mass is 19.4. The Morgan fingerprint density at radius 3 is 2.49 bits per heavy atom. The molecule has 0 atom stereocenters. The number of halogens is 3. The van der Waals surface area contributed by atoms with Crippen LogP contribution in [0.5, 0.6) is 0 Å². The molecule has 12 nitrogen and oxygen atoms in total. The van der Waals surface area contributed by atoms with Crippen molar-refractivity contribution < 1.29 is 22.8 Å². The first kappa shape index (κ1) is 32.2. The number of piperazine rings is 1. The van der Waals surface area contributed by atoms with E-state index in [0.717, 1.165) is 55.7 Å². The molecule has 0 unspecified atom stereocenters. The second kappa shape index (κ2) is 13.8. The van der Waals surface area contributed by atoms with Gasteiger partial charge in [-0.2, -0.15) is 13.2 Å². The zero-order chi connectivity index (χ0) is 32.1. The number of hydrogen-bond donors (Lipinski definition) is 2. The van der Waals surface area contributed by atoms with Crippen molar-refractivity contribution in [1.29, 1.82) is 0 Å². The average Bonchev–Trinajstić information content (AvgIpc) is 3.42. The monoisotopic (exact) mass is 628 g/mol. The summed E-state index contributed by atoms with van der Waals surface area (Å²) in [6.45, 7) is 4.96. The standard InChI is InChI=1S/C30H39F3N10O2/c1-39(2)8-6-7-26(44)36-18-27(45)41-13-11-40(12-14-41)19-21-15-24-29(42-9-4-3-5-10-42)37-28(38-43(24)20-21)22-17-35-25(34)16-23(22)30(31,32)33/h6-7,15-17,20H,3-5,8-14,18-19H2,1-2H3,(H2,34,35)(H,36,44)/b7-6+. The molecule has 242 valence electrons. The van der Waals surface area contributed by atoms with Crippen LogP contribution in [-0.4, -0.2) is 113 Å². The Morgan fingerprint density at radius 1 is 1.07 bits per heavy atom. The van der Waals surface area contributed by atoms with Crippen LogP contribution in [0.2, 0.25) is 0 Å². The summed E-state index contributed by atoms with van der Waals surface area (Å²) in [4.78, 5) is 41.2. The molecule has 2 saturated heterocycles. The maximum Gasteiger partial charge on any atom is 0.417 e. The highest BCUT2D eigenvalue weighted by Gasteiger charge is 2.35. The van der Waals surface area contributed by atoms with Crippen LogP contribution in [0, 0.1) is 0 Å². The van der Waals surface area contributed by atoms with Gasteiger partial charge in [0.25, 0.3) is 0 Å². The first-order valence-electron chi connectivity index (χ1n) is 15.0. The van der Waals surface area contributed by atoms with Crippen LogP contribution in [0.3, 0.4) is 0 Å². The summed E-state index contributed by atoms with van der Waals surface area (Å²) in [6.07, 6.45) is 4.44. The smallest absolute Gasteiger partial charge is 0.384 e. The van der Waals surface area contributed by atoms with Crippen molar-refractivity contribution >= 4 is 29.0 Å². The Hall–Kier alpha value is -4.24. The van der Waals surface area contributed by atoms with Crippen molar-refractivity contribution in [2.75, 3.05) is 77.1 Å². The molecule has 15 heteroatoms. The van der Waals surface area contributed by atoms with Crippen molar-refractivity contribution in [3.63, 3.8) is 0 Å². The highest BCUT2D eigenvalue weighted by Crippen LogP contribution is 2.37. The molecule has 3 aromatic rings. The summed E-state index contributed by atoms with van der Waals surface area (Å²) in [7, 11) is 3.80. The number of anilines is 2. The summed E-state index contributed by atoms with van der Waals surface area (Å²) < 4.78 is 43.5. The molecule has 3 aromatic heterocycles. The molecule has 2 fully saturated rings. The third-order valence-electron chi connectivity index (χ3n) is 7.91. The van der Waals surface area contributed by atoms with Crippen molar-refractivity contribution in [3.8, 4) is 11.4 Å². The number of pyridine rings is 1. The van der Waals surface area contributed by atoms with Gasteiger partial charge in [0.05, 0.1) is 17.7 Å². The first-order chi connectivity index (χ1) is 21.5. The van der Waals surface area contributed by atoms with Crippen LogP contribution < -0.4 is 16.0 Å². The number of nitrogens with zero attached hydrogens (tertiary/aromatic N) is 8. The van der Waals surface area contributed by atoms with Crippen molar-refractivity contribution in [1.82, 2.24) is 39.6 Å². The van der Waals surface area contributed by atoms with Gasteiger partial charge in [-0.3, -0.25) is 14.5 Å². The number of amides is 2. The van der Waals surface area contributed by atoms with E-state index in [-0.39, 0.29) is 35.6 Å². The quantitative estimate of drug-likeness (QED) is 0.343. The van der Waals surface area contributed by atoms with Gasteiger partial charge in [0, 0.05) is 70.8 Å². The Morgan fingerprint density at radius 2 is 1.80 bits per heavy atom. The Labute approximate surface area is 259 Å². The minimum Gasteiger partial charge on any atom is -0.384 e. The number of carbonyl (C=O) groups excluding carboxylic acids is 2. The third-order valence-corrected chi connectivity index (χ3v) is 7.91. The molecular weight excluding hydrogens is 589 g/mol. The fourth-order valence-corrected chi connectivity index (χ4v) is 5.58. The number of aromatic nitrogens is 4. The lowest BCUT2D eigenvalue weighted by Crippen LogP contribution is -2.50. The van der Waals surface area contributed by atoms with Crippen LogP contribution in [0.4, 0.5) is 24.8 Å². The molecule has 2 amide bonds. The summed E-state index contributed by atoms with van der Waals surface area (Å²) in [5, 5.41) is 7.14. The molecule has 2 aliphatic heterocycles. The number of piperidine rings is 1. The maximum absolute atomic E-state index is 14.0. The van der Waals surface area contributed by atoms with E-state index in [0.29, 0.717) is 45.1 Å². The normalized spacial score (nSPS) is 16.7. The van der Waals surface area contributed by atoms with E-state index >= 15 is 0 Å². The van der Waals surface area contributed by atoms with Crippen LogP contribution in [0.15, 0.2) is 36.7 Å². The van der Waals surface area contributed by atoms with Gasteiger partial charge >= 0.3 is 6.18 Å². The minimum atomic E-state index is -4.66. The predicted octanol–water partition coefficient (Wildman–Crippen LogP) is 2.26. The Bertz CT molecular complexity index is 1540. The predicted molar refractivity (Wildman–Crippen MR) is 164 cm³/mol. The number of nitrogen functional groups attached to an aromatic ring is 1. The van der Waals surface area contributed by atoms with Gasteiger partial charge < -0.3 is 25.8 Å². The lowest BCUT2D eigenvalue weighted by Gasteiger charge is -2.34. The van der Waals surface area contributed by atoms with Gasteiger partial charge in [0.2, 0.25) is 11.8 Å². The Balaban J connectivity index is 1.29. The van der Waals surface area contributed by atoms with Crippen LogP contribution in [-0.2, 0) is 22.3 Å². The SMILES string of the molecule is CN(C)C/C=C/C(=O)NCC(=O)N1CCN(Cc2cc3c(N4CCCCC4)nc(-c4cnc(N)cc4C(F)(F)F)nn3c2)CC1. The highest BCUT2D eigenvalue weighted by molar-refractivity contribution is 5.91. The fraction of sp³-hybridized carbons (Fsp3) is 0.500. The molecule has 0 aliphatic carbocycles. The number of nitrogens with two attached hydrogens (primary N) is 1. The summed E-state index contributed by atoms with van der Waals surface area (Å²) in [6, 6.07) is 2.79. The molecule has 0 spiro atoms. The number of likely N-dealkylation sites (N-methyl/N-ethyl adjacent to an activating group) is 1. The lowest BCUT2D eigenvalue weighted by molar-refractivity contribution is -0.137. The molecule has 0 bridgehead atoms. The van der Waals surface area contributed by atoms with E-state index < -0.39 is 11.7 Å². The molecule has 5 heterocycles. The average molecular weight is 629 g/mol. The molecular formula is C30H39F3N10O2. The first-order valence-corrected chi connectivity index (χ1v) is 15.0. The van der Waals surface area contributed by atoms with Crippen LogP contribution >= 0.6 is 0 Å². The largest absolute Gasteiger partial charge is 0.417 e. The van der Waals surface area contributed by atoms with Gasteiger partial charge in [-0.05, 0) is 51.1 Å². The summed E-state index contributed by atoms with van der Waals surface area (Å²) >= 11 is 0. The molecule has 45 heavy (non-hydrogen) atoms. The lowest BCUT2D eigenvalue weighted by atomic mass is 10.1. The van der Waals surface area contributed by atoms with E-state index in [4.69, 9.17) is 5.73 Å².